The van der Waals surface area contributed by atoms with E-state index in [4.69, 9.17) is 9.47 Å². The zero-order chi connectivity index (χ0) is 11.8. The third kappa shape index (κ3) is 1.64. The van der Waals surface area contributed by atoms with Gasteiger partial charge in [0.25, 0.3) is 0 Å². The molecule has 17 heavy (non-hydrogen) atoms. The number of esters is 1. The molecule has 0 aromatic heterocycles. The van der Waals surface area contributed by atoms with Gasteiger partial charge in [-0.1, -0.05) is 31.2 Å². The first-order valence-corrected chi connectivity index (χ1v) is 5.68. The van der Waals surface area contributed by atoms with E-state index < -0.39 is 6.29 Å². The molecule has 3 heteroatoms. The van der Waals surface area contributed by atoms with Gasteiger partial charge < -0.3 is 9.47 Å². The quantitative estimate of drug-likeness (QED) is 0.703. The maximum Gasteiger partial charge on any atom is 0.345 e. The van der Waals surface area contributed by atoms with E-state index in [1.807, 2.05) is 43.3 Å². The lowest BCUT2D eigenvalue weighted by Crippen LogP contribution is -2.29. The Kier molecular flexibility index (Phi) is 2.25. The van der Waals surface area contributed by atoms with Gasteiger partial charge in [-0.3, -0.25) is 0 Å². The van der Waals surface area contributed by atoms with Gasteiger partial charge in [0.15, 0.2) is 0 Å². The number of ether oxygens (including phenoxy) is 2. The highest BCUT2D eigenvalue weighted by atomic mass is 16.7. The van der Waals surface area contributed by atoms with Crippen LogP contribution in [0.5, 0.6) is 5.75 Å². The Labute approximate surface area is 99.0 Å². The van der Waals surface area contributed by atoms with Gasteiger partial charge in [0.05, 0.1) is 0 Å². The van der Waals surface area contributed by atoms with Gasteiger partial charge >= 0.3 is 5.97 Å². The van der Waals surface area contributed by atoms with Crippen LogP contribution in [0, 0.1) is 0 Å². The second-order valence-corrected chi connectivity index (χ2v) is 4.06. The molecular formula is C14H12O3. The van der Waals surface area contributed by atoms with Gasteiger partial charge in [-0.2, -0.15) is 0 Å². The summed E-state index contributed by atoms with van der Waals surface area (Å²) in [6.45, 7) is 1.92. The Morgan fingerprint density at radius 1 is 1.12 bits per heavy atom. The Morgan fingerprint density at radius 3 is 2.53 bits per heavy atom. The van der Waals surface area contributed by atoms with E-state index in [9.17, 15) is 4.79 Å². The monoisotopic (exact) mass is 228 g/mol. The van der Waals surface area contributed by atoms with Crippen molar-refractivity contribution in [1.29, 1.82) is 0 Å². The van der Waals surface area contributed by atoms with E-state index in [0.29, 0.717) is 17.7 Å². The lowest BCUT2D eigenvalue weighted by molar-refractivity contribution is -0.0610. The molecule has 1 aliphatic rings. The molecule has 2 aromatic rings. The zero-order valence-electron chi connectivity index (χ0n) is 9.47. The van der Waals surface area contributed by atoms with Gasteiger partial charge in [-0.05, 0) is 22.9 Å². The molecule has 0 aliphatic carbocycles. The average Bonchev–Trinajstić information content (AvgIpc) is 2.36. The predicted molar refractivity (Wildman–Crippen MR) is 64.1 cm³/mol. The van der Waals surface area contributed by atoms with E-state index in [0.717, 1.165) is 10.8 Å². The topological polar surface area (TPSA) is 35.5 Å². The molecule has 3 nitrogen and oxygen atoms in total. The van der Waals surface area contributed by atoms with Gasteiger partial charge in [-0.15, -0.1) is 0 Å². The molecule has 3 rings (SSSR count). The van der Waals surface area contributed by atoms with Crippen molar-refractivity contribution in [3.05, 3.63) is 42.0 Å². The molecule has 1 unspecified atom stereocenters. The number of benzene rings is 2. The molecule has 0 saturated carbocycles. The van der Waals surface area contributed by atoms with E-state index >= 15 is 0 Å². The molecule has 0 amide bonds. The van der Waals surface area contributed by atoms with E-state index in [2.05, 4.69) is 0 Å². The first kappa shape index (κ1) is 10.1. The Balaban J connectivity index is 2.18. The van der Waals surface area contributed by atoms with Gasteiger partial charge in [0, 0.05) is 6.42 Å². The fourth-order valence-corrected chi connectivity index (χ4v) is 1.99. The summed E-state index contributed by atoms with van der Waals surface area (Å²) >= 11 is 0. The summed E-state index contributed by atoms with van der Waals surface area (Å²) in [6.07, 6.45) is 0.189. The Bertz CT molecular complexity index is 589. The molecule has 0 saturated heterocycles. The second-order valence-electron chi connectivity index (χ2n) is 4.06. The second kappa shape index (κ2) is 3.77. The number of hydrogen-bond acceptors (Lipinski definition) is 3. The van der Waals surface area contributed by atoms with Crippen LogP contribution in [-0.2, 0) is 4.74 Å². The number of fused-ring (bicyclic) bond motifs is 2. The van der Waals surface area contributed by atoms with Crippen molar-refractivity contribution in [2.24, 2.45) is 0 Å². The molecule has 0 fully saturated rings. The van der Waals surface area contributed by atoms with Gasteiger partial charge in [0.2, 0.25) is 6.29 Å². The van der Waals surface area contributed by atoms with Crippen LogP contribution in [0.4, 0.5) is 0 Å². The Hall–Kier alpha value is -2.03. The van der Waals surface area contributed by atoms with Crippen molar-refractivity contribution in [1.82, 2.24) is 0 Å². The van der Waals surface area contributed by atoms with Crippen LogP contribution < -0.4 is 4.74 Å². The summed E-state index contributed by atoms with van der Waals surface area (Å²) in [5.41, 5.74) is 0.508. The summed E-state index contributed by atoms with van der Waals surface area (Å²) in [5.74, 6) is 0.315. The molecule has 2 aromatic carbocycles. The number of carbonyl (C=O) groups is 1. The standard InChI is InChI=1S/C14H12O3/c1-2-13-16-12-8-10-6-4-3-5-9(10)7-11(12)14(15)17-13/h3-8,13H,2H2,1H3. The smallest absolute Gasteiger partial charge is 0.345 e. The normalized spacial score (nSPS) is 18.4. The van der Waals surface area contributed by atoms with Crippen LogP contribution in [0.15, 0.2) is 36.4 Å². The van der Waals surface area contributed by atoms with E-state index in [1.54, 1.807) is 0 Å². The van der Waals surface area contributed by atoms with Crippen LogP contribution in [-0.4, -0.2) is 12.3 Å². The maximum absolute atomic E-state index is 11.8. The number of hydrogen-bond donors (Lipinski definition) is 0. The number of carbonyl (C=O) groups excluding carboxylic acids is 1. The Morgan fingerprint density at radius 2 is 1.82 bits per heavy atom. The lowest BCUT2D eigenvalue weighted by atomic mass is 10.1. The average molecular weight is 228 g/mol. The fraction of sp³-hybridized carbons (Fsp3) is 0.214. The number of cyclic esters (lactones) is 1. The lowest BCUT2D eigenvalue weighted by Gasteiger charge is -2.25. The molecule has 0 bridgehead atoms. The van der Waals surface area contributed by atoms with Crippen LogP contribution in [0.1, 0.15) is 23.7 Å². The molecule has 1 heterocycles. The fourth-order valence-electron chi connectivity index (χ4n) is 1.99. The van der Waals surface area contributed by atoms with Crippen molar-refractivity contribution < 1.29 is 14.3 Å². The van der Waals surface area contributed by atoms with Crippen LogP contribution in [0.2, 0.25) is 0 Å². The largest absolute Gasteiger partial charge is 0.454 e. The highest BCUT2D eigenvalue weighted by molar-refractivity contribution is 5.99. The van der Waals surface area contributed by atoms with Crippen molar-refractivity contribution >= 4 is 16.7 Å². The summed E-state index contributed by atoms with van der Waals surface area (Å²) < 4.78 is 10.8. The predicted octanol–water partition coefficient (Wildman–Crippen LogP) is 3.13. The minimum atomic E-state index is -0.462. The minimum absolute atomic E-state index is 0.302. The SMILES string of the molecule is CCC1OC(=O)c2cc3ccccc3cc2O1. The third-order valence-electron chi connectivity index (χ3n) is 2.90. The maximum atomic E-state index is 11.8. The minimum Gasteiger partial charge on any atom is -0.454 e. The highest BCUT2D eigenvalue weighted by Crippen LogP contribution is 2.31. The number of rotatable bonds is 1. The molecule has 0 radical (unpaired) electrons. The molecule has 86 valence electrons. The molecule has 1 aliphatic heterocycles. The first-order chi connectivity index (χ1) is 8.28. The van der Waals surface area contributed by atoms with Gasteiger partial charge in [0.1, 0.15) is 11.3 Å². The summed E-state index contributed by atoms with van der Waals surface area (Å²) in [4.78, 5) is 11.8. The van der Waals surface area contributed by atoms with Crippen LogP contribution in [0.3, 0.4) is 0 Å². The molecular weight excluding hydrogens is 216 g/mol. The molecule has 0 N–H and O–H groups in total. The van der Waals surface area contributed by atoms with Crippen LogP contribution in [0.25, 0.3) is 10.8 Å². The zero-order valence-corrected chi connectivity index (χ0v) is 9.47. The van der Waals surface area contributed by atoms with Crippen molar-refractivity contribution in [3.63, 3.8) is 0 Å². The summed E-state index contributed by atoms with van der Waals surface area (Å²) in [5, 5.41) is 2.08. The van der Waals surface area contributed by atoms with Gasteiger partial charge in [-0.25, -0.2) is 4.79 Å². The van der Waals surface area contributed by atoms with Crippen LogP contribution >= 0.6 is 0 Å². The molecule has 0 spiro atoms. The highest BCUT2D eigenvalue weighted by Gasteiger charge is 2.26. The van der Waals surface area contributed by atoms with E-state index in [-0.39, 0.29) is 5.97 Å². The summed E-state index contributed by atoms with van der Waals surface area (Å²) in [7, 11) is 0. The van der Waals surface area contributed by atoms with E-state index in [1.165, 1.54) is 0 Å². The van der Waals surface area contributed by atoms with Crippen molar-refractivity contribution in [2.75, 3.05) is 0 Å². The third-order valence-corrected chi connectivity index (χ3v) is 2.90. The summed E-state index contributed by atoms with van der Waals surface area (Å²) in [6, 6.07) is 11.6. The first-order valence-electron chi connectivity index (χ1n) is 5.68. The van der Waals surface area contributed by atoms with Crippen molar-refractivity contribution in [3.8, 4) is 5.75 Å². The van der Waals surface area contributed by atoms with Crippen molar-refractivity contribution in [2.45, 2.75) is 19.6 Å². The molecule has 1 atom stereocenters.